The van der Waals surface area contributed by atoms with Crippen molar-refractivity contribution in [3.63, 3.8) is 0 Å². The van der Waals surface area contributed by atoms with Crippen molar-refractivity contribution in [2.24, 2.45) is 0 Å². The minimum atomic E-state index is -0.305. The average Bonchev–Trinajstić information content (AvgIpc) is 3.19. The van der Waals surface area contributed by atoms with Crippen LogP contribution in [-0.4, -0.2) is 34.4 Å². The Hall–Kier alpha value is -3.15. The first-order valence-corrected chi connectivity index (χ1v) is 7.32. The zero-order valence-electron chi connectivity index (χ0n) is 12.3. The highest BCUT2D eigenvalue weighted by atomic mass is 16.6. The third-order valence-corrected chi connectivity index (χ3v) is 3.77. The first-order valence-electron chi connectivity index (χ1n) is 7.32. The number of aromatic amines is 1. The summed E-state index contributed by atoms with van der Waals surface area (Å²) in [6, 6.07) is 9.63. The maximum atomic E-state index is 11.7. The Bertz CT molecular complexity index is 886. The van der Waals surface area contributed by atoms with Crippen LogP contribution in [-0.2, 0) is 4.74 Å². The number of hydrogen-bond acceptors (Lipinski definition) is 4. The molecule has 0 saturated carbocycles. The Morgan fingerprint density at radius 1 is 1.26 bits per heavy atom. The Balaban J connectivity index is 1.70. The van der Waals surface area contributed by atoms with Crippen molar-refractivity contribution in [3.8, 4) is 0 Å². The highest BCUT2D eigenvalue weighted by Gasteiger charge is 2.23. The van der Waals surface area contributed by atoms with Gasteiger partial charge in [0.25, 0.3) is 0 Å². The molecule has 1 aliphatic rings. The Kier molecular flexibility index (Phi) is 3.27. The summed E-state index contributed by atoms with van der Waals surface area (Å²) in [5.74, 6) is 0. The molecule has 0 bridgehead atoms. The van der Waals surface area contributed by atoms with Gasteiger partial charge in [0.2, 0.25) is 0 Å². The number of aromatic nitrogens is 3. The molecule has 3 heterocycles. The maximum Gasteiger partial charge on any atom is 0.414 e. The first kappa shape index (κ1) is 13.5. The summed E-state index contributed by atoms with van der Waals surface area (Å²) in [5, 5.41) is 8.29. The summed E-state index contributed by atoms with van der Waals surface area (Å²) in [4.78, 5) is 17.4. The van der Waals surface area contributed by atoms with Gasteiger partial charge in [-0.05, 0) is 35.9 Å². The van der Waals surface area contributed by atoms with Gasteiger partial charge < -0.3 is 4.74 Å². The Morgan fingerprint density at radius 3 is 3.00 bits per heavy atom. The van der Waals surface area contributed by atoms with Crippen molar-refractivity contribution in [1.29, 1.82) is 0 Å². The highest BCUT2D eigenvalue weighted by molar-refractivity contribution is 5.96. The maximum absolute atomic E-state index is 11.7. The van der Waals surface area contributed by atoms with Crippen LogP contribution in [0.25, 0.3) is 23.1 Å². The second-order valence-electron chi connectivity index (χ2n) is 5.22. The molecule has 0 aliphatic carbocycles. The van der Waals surface area contributed by atoms with Gasteiger partial charge >= 0.3 is 6.09 Å². The molecule has 1 amide bonds. The number of H-pyrrole nitrogens is 1. The van der Waals surface area contributed by atoms with Gasteiger partial charge in [-0.15, -0.1) is 0 Å². The number of nitrogens with one attached hydrogen (secondary N) is 1. The van der Waals surface area contributed by atoms with Gasteiger partial charge in [0.1, 0.15) is 6.61 Å². The van der Waals surface area contributed by atoms with E-state index in [1.54, 1.807) is 17.3 Å². The van der Waals surface area contributed by atoms with Crippen LogP contribution in [0.15, 0.2) is 42.7 Å². The summed E-state index contributed by atoms with van der Waals surface area (Å²) < 4.78 is 4.99. The number of anilines is 1. The molecule has 1 aliphatic heterocycles. The molecule has 23 heavy (non-hydrogen) atoms. The number of rotatable bonds is 3. The van der Waals surface area contributed by atoms with E-state index in [1.807, 2.05) is 42.5 Å². The van der Waals surface area contributed by atoms with E-state index in [2.05, 4.69) is 15.2 Å². The third-order valence-electron chi connectivity index (χ3n) is 3.77. The molecular formula is C17H14N4O2. The molecule has 0 atom stereocenters. The van der Waals surface area contributed by atoms with Gasteiger partial charge in [-0.25, -0.2) is 4.79 Å². The zero-order valence-corrected chi connectivity index (χ0v) is 12.3. The molecular weight excluding hydrogens is 292 g/mol. The lowest BCUT2D eigenvalue weighted by Crippen LogP contribution is -2.23. The average molecular weight is 306 g/mol. The standard InChI is InChI=1S/C17H14N4O2/c22-17-21(8-9-23-17)13-4-6-16-14(10-13)15(19-20-16)5-3-12-2-1-7-18-11-12/h1-7,10-11H,8-9H2,(H,19,20)/b5-3+. The van der Waals surface area contributed by atoms with Crippen LogP contribution in [0.2, 0.25) is 0 Å². The van der Waals surface area contributed by atoms with Crippen LogP contribution in [0.1, 0.15) is 11.3 Å². The second-order valence-corrected chi connectivity index (χ2v) is 5.22. The molecule has 3 aromatic rings. The number of ether oxygens (including phenoxy) is 1. The number of hydrogen-bond donors (Lipinski definition) is 1. The van der Waals surface area contributed by atoms with Crippen molar-refractivity contribution in [3.05, 3.63) is 54.0 Å². The van der Waals surface area contributed by atoms with E-state index in [9.17, 15) is 4.79 Å². The number of cyclic esters (lactones) is 1. The quantitative estimate of drug-likeness (QED) is 0.807. The molecule has 1 fully saturated rings. The molecule has 6 heteroatoms. The number of nitrogens with zero attached hydrogens (tertiary/aromatic N) is 3. The van der Waals surface area contributed by atoms with E-state index >= 15 is 0 Å². The molecule has 6 nitrogen and oxygen atoms in total. The molecule has 1 aromatic carbocycles. The summed E-state index contributed by atoms with van der Waals surface area (Å²) in [5.41, 5.74) is 3.56. The van der Waals surface area contributed by atoms with E-state index in [1.165, 1.54) is 0 Å². The molecule has 2 aromatic heterocycles. The topological polar surface area (TPSA) is 71.1 Å². The van der Waals surface area contributed by atoms with E-state index in [4.69, 9.17) is 4.74 Å². The van der Waals surface area contributed by atoms with Crippen molar-refractivity contribution in [1.82, 2.24) is 15.2 Å². The Labute approximate surface area is 132 Å². The van der Waals surface area contributed by atoms with E-state index in [0.717, 1.165) is 27.8 Å². The first-order chi connectivity index (χ1) is 11.3. The molecule has 0 radical (unpaired) electrons. The van der Waals surface area contributed by atoms with Crippen LogP contribution < -0.4 is 4.90 Å². The van der Waals surface area contributed by atoms with Crippen molar-refractivity contribution in [2.75, 3.05) is 18.1 Å². The van der Waals surface area contributed by atoms with Gasteiger partial charge in [-0.2, -0.15) is 5.10 Å². The van der Waals surface area contributed by atoms with E-state index in [-0.39, 0.29) is 6.09 Å². The van der Waals surface area contributed by atoms with Crippen LogP contribution in [0.5, 0.6) is 0 Å². The fourth-order valence-corrected chi connectivity index (χ4v) is 2.59. The molecule has 114 valence electrons. The van der Waals surface area contributed by atoms with Crippen LogP contribution in [0.4, 0.5) is 10.5 Å². The zero-order chi connectivity index (χ0) is 15.6. The summed E-state index contributed by atoms with van der Waals surface area (Å²) in [6.07, 6.45) is 7.11. The van der Waals surface area contributed by atoms with Gasteiger partial charge in [-0.1, -0.05) is 12.1 Å². The van der Waals surface area contributed by atoms with Crippen LogP contribution in [0.3, 0.4) is 0 Å². The lowest BCUT2D eigenvalue weighted by atomic mass is 10.1. The van der Waals surface area contributed by atoms with Crippen LogP contribution >= 0.6 is 0 Å². The number of benzene rings is 1. The van der Waals surface area contributed by atoms with E-state index in [0.29, 0.717) is 13.2 Å². The normalized spacial score (nSPS) is 14.8. The highest BCUT2D eigenvalue weighted by Crippen LogP contribution is 2.26. The fourth-order valence-electron chi connectivity index (χ4n) is 2.59. The molecule has 1 N–H and O–H groups in total. The molecule has 4 rings (SSSR count). The predicted molar refractivity (Wildman–Crippen MR) is 88.0 cm³/mol. The molecule has 0 spiro atoms. The third kappa shape index (κ3) is 2.55. The Morgan fingerprint density at radius 2 is 2.22 bits per heavy atom. The van der Waals surface area contributed by atoms with E-state index < -0.39 is 0 Å². The van der Waals surface area contributed by atoms with Crippen LogP contribution in [0, 0.1) is 0 Å². The minimum absolute atomic E-state index is 0.305. The lowest BCUT2D eigenvalue weighted by molar-refractivity contribution is 0.181. The minimum Gasteiger partial charge on any atom is -0.447 e. The lowest BCUT2D eigenvalue weighted by Gasteiger charge is -2.12. The van der Waals surface area contributed by atoms with Crippen molar-refractivity contribution in [2.45, 2.75) is 0 Å². The number of carbonyl (C=O) groups is 1. The number of amides is 1. The monoisotopic (exact) mass is 306 g/mol. The predicted octanol–water partition coefficient (Wildman–Crippen LogP) is 3.08. The van der Waals surface area contributed by atoms with Gasteiger partial charge in [0.15, 0.2) is 0 Å². The summed E-state index contributed by atoms with van der Waals surface area (Å²) in [7, 11) is 0. The largest absolute Gasteiger partial charge is 0.447 e. The summed E-state index contributed by atoms with van der Waals surface area (Å²) >= 11 is 0. The van der Waals surface area contributed by atoms with Gasteiger partial charge in [-0.3, -0.25) is 15.0 Å². The summed E-state index contributed by atoms with van der Waals surface area (Å²) in [6.45, 7) is 0.999. The molecule has 0 unspecified atom stereocenters. The van der Waals surface area contributed by atoms with Crippen molar-refractivity contribution < 1.29 is 9.53 Å². The second kappa shape index (κ2) is 5.57. The fraction of sp³-hybridized carbons (Fsp3) is 0.118. The number of fused-ring (bicyclic) bond motifs is 1. The number of carbonyl (C=O) groups excluding carboxylic acids is 1. The number of pyridine rings is 1. The SMILES string of the molecule is O=C1OCCN1c1ccc2[nH]nc(/C=C/c3cccnc3)c2c1. The van der Waals surface area contributed by atoms with Gasteiger partial charge in [0.05, 0.1) is 17.8 Å². The van der Waals surface area contributed by atoms with Crippen molar-refractivity contribution >= 4 is 34.8 Å². The molecule has 1 saturated heterocycles. The smallest absolute Gasteiger partial charge is 0.414 e. The van der Waals surface area contributed by atoms with Gasteiger partial charge in [0, 0.05) is 23.5 Å².